The lowest BCUT2D eigenvalue weighted by molar-refractivity contribution is 0.0767. The number of imidazole rings is 1. The van der Waals surface area contributed by atoms with Gasteiger partial charge in [-0.25, -0.2) is 4.98 Å². The summed E-state index contributed by atoms with van der Waals surface area (Å²) in [6.07, 6.45) is 3.60. The van der Waals surface area contributed by atoms with Crippen LogP contribution >= 0.6 is 34.8 Å². The summed E-state index contributed by atoms with van der Waals surface area (Å²) < 4.78 is 2.00. The number of hydrogen-bond donors (Lipinski definition) is 0. The van der Waals surface area contributed by atoms with Crippen molar-refractivity contribution < 1.29 is 4.79 Å². The first-order chi connectivity index (χ1) is 16.9. The fourth-order valence-electron chi connectivity index (χ4n) is 4.54. The molecule has 1 aliphatic rings. The van der Waals surface area contributed by atoms with Crippen LogP contribution in [-0.4, -0.2) is 64.5 Å². The molecule has 0 saturated carbocycles. The Kier molecular flexibility index (Phi) is 8.60. The third-order valence-corrected chi connectivity index (χ3v) is 7.31. The zero-order chi connectivity index (χ0) is 24.9. The summed E-state index contributed by atoms with van der Waals surface area (Å²) in [5, 5.41) is 1.99. The van der Waals surface area contributed by atoms with E-state index in [4.69, 9.17) is 34.8 Å². The third kappa shape index (κ3) is 6.12. The van der Waals surface area contributed by atoms with Crippen molar-refractivity contribution in [1.82, 2.24) is 19.4 Å². The molecule has 3 aromatic rings. The molecule has 9 heteroatoms. The molecule has 35 heavy (non-hydrogen) atoms. The summed E-state index contributed by atoms with van der Waals surface area (Å²) in [6, 6.07) is 13.8. The lowest BCUT2D eigenvalue weighted by Gasteiger charge is -2.43. The van der Waals surface area contributed by atoms with E-state index in [0.717, 1.165) is 38.4 Å². The number of hydrogen-bond acceptors (Lipinski definition) is 4. The van der Waals surface area contributed by atoms with Crippen LogP contribution in [0.3, 0.4) is 0 Å². The van der Waals surface area contributed by atoms with Gasteiger partial charge in [0.2, 0.25) is 0 Å². The largest absolute Gasteiger partial charge is 0.361 e. The van der Waals surface area contributed by atoms with Gasteiger partial charge in [0.15, 0.2) is 0 Å². The molecular weight excluding hydrogens is 505 g/mol. The molecule has 186 valence electrons. The van der Waals surface area contributed by atoms with Crippen molar-refractivity contribution in [3.8, 4) is 0 Å². The molecule has 0 radical (unpaired) electrons. The Morgan fingerprint density at radius 3 is 2.40 bits per heavy atom. The summed E-state index contributed by atoms with van der Waals surface area (Å²) in [5.74, 6) is -0.0231. The zero-order valence-corrected chi connectivity index (χ0v) is 22.3. The summed E-state index contributed by atoms with van der Waals surface area (Å²) in [7, 11) is 0. The van der Waals surface area contributed by atoms with Crippen LogP contribution in [0.5, 0.6) is 0 Å². The fourth-order valence-corrected chi connectivity index (χ4v) is 5.18. The molecule has 1 aromatic heterocycles. The van der Waals surface area contributed by atoms with Crippen molar-refractivity contribution in [1.29, 1.82) is 0 Å². The average Bonchev–Trinajstić information content (AvgIpc) is 3.33. The van der Waals surface area contributed by atoms with Crippen molar-refractivity contribution in [2.45, 2.75) is 26.4 Å². The molecule has 1 fully saturated rings. The lowest BCUT2D eigenvalue weighted by Crippen LogP contribution is -2.49. The Morgan fingerprint density at radius 1 is 1.00 bits per heavy atom. The van der Waals surface area contributed by atoms with E-state index in [-0.39, 0.29) is 11.9 Å². The van der Waals surface area contributed by atoms with Gasteiger partial charge >= 0.3 is 0 Å². The molecule has 0 unspecified atom stereocenters. The number of nitrogens with zero attached hydrogens (tertiary/aromatic N) is 5. The quantitative estimate of drug-likeness (QED) is 0.362. The van der Waals surface area contributed by atoms with Crippen LogP contribution in [0.15, 0.2) is 55.0 Å². The van der Waals surface area contributed by atoms with Crippen molar-refractivity contribution in [3.63, 3.8) is 0 Å². The van der Waals surface area contributed by atoms with E-state index in [1.54, 1.807) is 17.3 Å². The number of anilines is 1. The van der Waals surface area contributed by atoms with Crippen LogP contribution in [-0.2, 0) is 6.54 Å². The maximum absolute atomic E-state index is 12.6. The van der Waals surface area contributed by atoms with Crippen LogP contribution in [0.2, 0.25) is 15.1 Å². The van der Waals surface area contributed by atoms with Crippen molar-refractivity contribution >= 4 is 46.4 Å². The molecule has 0 bridgehead atoms. The molecule has 1 amide bonds. The minimum absolute atomic E-state index is 0.0231. The summed E-state index contributed by atoms with van der Waals surface area (Å²) in [6.45, 7) is 9.47. The van der Waals surface area contributed by atoms with Gasteiger partial charge in [0.25, 0.3) is 5.91 Å². The maximum atomic E-state index is 12.6. The Morgan fingerprint density at radius 2 is 1.71 bits per heavy atom. The van der Waals surface area contributed by atoms with Crippen molar-refractivity contribution in [3.05, 3.63) is 81.3 Å². The van der Waals surface area contributed by atoms with Gasteiger partial charge in [-0.2, -0.15) is 0 Å². The Hall–Kier alpha value is -2.25. The molecule has 0 N–H and O–H groups in total. The van der Waals surface area contributed by atoms with E-state index in [1.807, 2.05) is 48.9 Å². The number of benzene rings is 2. The SMILES string of the molecule is CCN(CC)C(=O)c1cn(CCN2CCN(c3ccc(Cl)cc3Cl)[C@H](c3ccc(Cl)cc3)C2)cn1. The van der Waals surface area contributed by atoms with Crippen LogP contribution in [0.4, 0.5) is 5.69 Å². The normalized spacial score (nSPS) is 16.5. The molecule has 4 rings (SSSR count). The topological polar surface area (TPSA) is 44.6 Å². The highest BCUT2D eigenvalue weighted by Crippen LogP contribution is 2.36. The molecule has 1 saturated heterocycles. The highest BCUT2D eigenvalue weighted by molar-refractivity contribution is 6.36. The number of carbonyl (C=O) groups is 1. The molecular formula is C26H30Cl3N5O. The van der Waals surface area contributed by atoms with Gasteiger partial charge in [-0.05, 0) is 49.7 Å². The Labute approximate surface area is 222 Å². The molecule has 1 aliphatic heterocycles. The standard InChI is InChI=1S/C26H30Cl3N5O/c1-3-33(4-2)26(35)23-16-32(18-30-23)12-11-31-13-14-34(24-10-9-21(28)15-22(24)29)25(17-31)19-5-7-20(27)8-6-19/h5-10,15-16,18,25H,3-4,11-14,17H2,1-2H3/t25-/m0/s1. The second-order valence-corrected chi connectivity index (χ2v) is 9.91. The number of piperazine rings is 1. The van der Waals surface area contributed by atoms with Crippen LogP contribution in [0.25, 0.3) is 0 Å². The molecule has 2 aromatic carbocycles. The summed E-state index contributed by atoms with van der Waals surface area (Å²) >= 11 is 18.9. The Bertz CT molecular complexity index is 1150. The highest BCUT2D eigenvalue weighted by Gasteiger charge is 2.29. The first-order valence-corrected chi connectivity index (χ1v) is 13.0. The van der Waals surface area contributed by atoms with E-state index in [0.29, 0.717) is 33.9 Å². The van der Waals surface area contributed by atoms with Crippen molar-refractivity contribution in [2.75, 3.05) is 44.2 Å². The highest BCUT2D eigenvalue weighted by atomic mass is 35.5. The number of carbonyl (C=O) groups excluding carboxylic acids is 1. The maximum Gasteiger partial charge on any atom is 0.274 e. The second kappa shape index (κ2) is 11.7. The zero-order valence-electron chi connectivity index (χ0n) is 20.0. The van der Waals surface area contributed by atoms with Gasteiger partial charge in [-0.15, -0.1) is 0 Å². The van der Waals surface area contributed by atoms with Crippen LogP contribution in [0.1, 0.15) is 35.9 Å². The average molecular weight is 535 g/mol. The molecule has 0 aliphatic carbocycles. The van der Waals surface area contributed by atoms with Crippen molar-refractivity contribution in [2.24, 2.45) is 0 Å². The number of aromatic nitrogens is 2. The monoisotopic (exact) mass is 533 g/mol. The smallest absolute Gasteiger partial charge is 0.274 e. The van der Waals surface area contributed by atoms with Gasteiger partial charge in [-0.1, -0.05) is 46.9 Å². The predicted molar refractivity (Wildman–Crippen MR) is 144 cm³/mol. The molecule has 2 heterocycles. The van der Waals surface area contributed by atoms with E-state index < -0.39 is 0 Å². The first-order valence-electron chi connectivity index (χ1n) is 11.9. The summed E-state index contributed by atoms with van der Waals surface area (Å²) in [4.78, 5) is 23.5. The van der Waals surface area contributed by atoms with Crippen LogP contribution < -0.4 is 4.90 Å². The minimum Gasteiger partial charge on any atom is -0.361 e. The van der Waals surface area contributed by atoms with Gasteiger partial charge < -0.3 is 14.4 Å². The van der Waals surface area contributed by atoms with E-state index in [1.165, 1.54) is 5.56 Å². The predicted octanol–water partition coefficient (Wildman–Crippen LogP) is 5.89. The minimum atomic E-state index is -0.0231. The van der Waals surface area contributed by atoms with Gasteiger partial charge in [0.1, 0.15) is 5.69 Å². The fraction of sp³-hybridized carbons (Fsp3) is 0.385. The number of halogens is 3. The first kappa shape index (κ1) is 25.8. The third-order valence-electron chi connectivity index (χ3n) is 6.52. The van der Waals surface area contributed by atoms with E-state index in [9.17, 15) is 4.79 Å². The summed E-state index contributed by atoms with van der Waals surface area (Å²) in [5.41, 5.74) is 2.65. The molecule has 6 nitrogen and oxygen atoms in total. The second-order valence-electron chi connectivity index (χ2n) is 8.63. The lowest BCUT2D eigenvalue weighted by atomic mass is 10.0. The number of amides is 1. The van der Waals surface area contributed by atoms with Gasteiger partial charge in [0.05, 0.1) is 23.1 Å². The van der Waals surface area contributed by atoms with E-state index in [2.05, 4.69) is 26.9 Å². The molecule has 1 atom stereocenters. The molecule has 0 spiro atoms. The van der Waals surface area contributed by atoms with Gasteiger partial charge in [-0.3, -0.25) is 9.69 Å². The van der Waals surface area contributed by atoms with Crippen LogP contribution in [0, 0.1) is 0 Å². The number of rotatable bonds is 8. The Balaban J connectivity index is 1.47. The van der Waals surface area contributed by atoms with E-state index >= 15 is 0 Å². The van der Waals surface area contributed by atoms with Gasteiger partial charge in [0, 0.05) is 62.1 Å².